The van der Waals surface area contributed by atoms with E-state index in [4.69, 9.17) is 15.2 Å². The van der Waals surface area contributed by atoms with Crippen molar-refractivity contribution < 1.29 is 33.8 Å². The average Bonchev–Trinajstić information content (AvgIpc) is 3.94. The number of aliphatic hydroxyl groups excluding tert-OH is 1. The number of guanidine groups is 1. The van der Waals surface area contributed by atoms with Gasteiger partial charge in [-0.3, -0.25) is 24.8 Å². The van der Waals surface area contributed by atoms with Crippen LogP contribution >= 0.6 is 11.3 Å². The molecule has 15 heteroatoms. The van der Waals surface area contributed by atoms with E-state index in [0.29, 0.717) is 30.8 Å². The lowest BCUT2D eigenvalue weighted by Gasteiger charge is -2.33. The van der Waals surface area contributed by atoms with Crippen molar-refractivity contribution in [1.82, 2.24) is 25.4 Å². The third-order valence-corrected chi connectivity index (χ3v) is 11.1. The molecule has 1 fully saturated rings. The number of nitrogens with two attached hydrogens (primary N) is 1. The standard InChI is InChI=1S/C44H49N7O7S/c1-50(44(56)58-29-32-19-9-4-10-20-32)36(27-30-15-5-2-6-16-30)41(54)51-26-14-23-35(51)39(53)47-34(38(52)40-48-33-21-11-12-24-37(33)59-40)22-13-25-46-42(45)49-43(55)57-28-31-17-7-3-8-18-31/h2-12,15-21,24,34-36,38,52H,13-14,22-23,25-29H2,1H3,(H,47,53)(H3,45,46,49,55)/t34-,35-,36+,38?/m0/s1. The number of hydrogen-bond donors (Lipinski definition) is 4. The molecule has 4 aromatic carbocycles. The number of nitrogens with zero attached hydrogens (tertiary/aromatic N) is 4. The van der Waals surface area contributed by atoms with E-state index in [1.54, 1.807) is 0 Å². The number of aromatic nitrogens is 1. The quantitative estimate of drug-likeness (QED) is 0.0550. The van der Waals surface area contributed by atoms with Crippen molar-refractivity contribution in [1.29, 1.82) is 0 Å². The summed E-state index contributed by atoms with van der Waals surface area (Å²) in [5.41, 5.74) is 9.16. The van der Waals surface area contributed by atoms with Gasteiger partial charge in [0, 0.05) is 26.6 Å². The molecule has 5 N–H and O–H groups in total. The third-order valence-electron chi connectivity index (χ3n) is 10.0. The number of carbonyl (C=O) groups is 4. The molecule has 2 heterocycles. The summed E-state index contributed by atoms with van der Waals surface area (Å²) in [5.74, 6) is -0.942. The third kappa shape index (κ3) is 11.9. The molecular formula is C44H49N7O7S. The van der Waals surface area contributed by atoms with Crippen LogP contribution in [-0.4, -0.2) is 88.1 Å². The highest BCUT2D eigenvalue weighted by molar-refractivity contribution is 7.18. The Morgan fingerprint density at radius 3 is 2.17 bits per heavy atom. The van der Waals surface area contributed by atoms with E-state index in [1.807, 2.05) is 115 Å². The van der Waals surface area contributed by atoms with Crippen molar-refractivity contribution >= 4 is 51.5 Å². The van der Waals surface area contributed by atoms with Crippen molar-refractivity contribution in [2.45, 2.75) is 69.5 Å². The lowest BCUT2D eigenvalue weighted by molar-refractivity contribution is -0.142. The first-order valence-electron chi connectivity index (χ1n) is 19.6. The first-order valence-corrected chi connectivity index (χ1v) is 20.4. The van der Waals surface area contributed by atoms with E-state index in [0.717, 1.165) is 26.9 Å². The Morgan fingerprint density at radius 2 is 1.51 bits per heavy atom. The molecule has 1 aromatic heterocycles. The van der Waals surface area contributed by atoms with Gasteiger partial charge in [0.2, 0.25) is 11.8 Å². The second kappa shape index (κ2) is 20.9. The molecule has 1 unspecified atom stereocenters. The van der Waals surface area contributed by atoms with E-state index >= 15 is 0 Å². The van der Waals surface area contributed by atoms with Gasteiger partial charge in [-0.25, -0.2) is 14.6 Å². The SMILES string of the molecule is CN(C(=O)OCc1ccccc1)[C@H](Cc1ccccc1)C(=O)N1CCC[C@H]1C(=O)N[C@@H](CCCN=C(N)NC(=O)OCc1ccccc1)C(O)c1nc2ccccc2s1. The summed E-state index contributed by atoms with van der Waals surface area (Å²) >= 11 is 1.33. The molecule has 59 heavy (non-hydrogen) atoms. The lowest BCUT2D eigenvalue weighted by Crippen LogP contribution is -2.56. The summed E-state index contributed by atoms with van der Waals surface area (Å²) in [5, 5.41) is 17.6. The van der Waals surface area contributed by atoms with E-state index < -0.39 is 42.3 Å². The van der Waals surface area contributed by atoms with Gasteiger partial charge >= 0.3 is 12.2 Å². The largest absolute Gasteiger partial charge is 0.445 e. The number of aliphatic imine (C=N–C) groups is 1. The Balaban J connectivity index is 1.13. The summed E-state index contributed by atoms with van der Waals surface area (Å²) < 4.78 is 11.7. The van der Waals surface area contributed by atoms with Gasteiger partial charge in [-0.15, -0.1) is 11.3 Å². The van der Waals surface area contributed by atoms with E-state index in [1.165, 1.54) is 28.2 Å². The molecule has 0 radical (unpaired) electrons. The minimum atomic E-state index is -1.18. The minimum absolute atomic E-state index is 0.0408. The maximum absolute atomic E-state index is 14.5. The van der Waals surface area contributed by atoms with Gasteiger partial charge < -0.3 is 30.5 Å². The fourth-order valence-corrected chi connectivity index (χ4v) is 7.88. The molecule has 1 aliphatic rings. The molecule has 308 valence electrons. The number of para-hydroxylation sites is 1. The summed E-state index contributed by atoms with van der Waals surface area (Å²) in [6.45, 7) is 0.598. The average molecular weight is 820 g/mol. The minimum Gasteiger partial charge on any atom is -0.445 e. The number of likely N-dealkylation sites (tertiary alicyclic amines) is 1. The van der Waals surface area contributed by atoms with Crippen LogP contribution in [0.2, 0.25) is 0 Å². The molecule has 0 spiro atoms. The summed E-state index contributed by atoms with van der Waals surface area (Å²) in [6.07, 6.45) is -0.761. The van der Waals surface area contributed by atoms with Gasteiger partial charge in [0.15, 0.2) is 5.96 Å². The molecule has 5 aromatic rings. The van der Waals surface area contributed by atoms with Crippen LogP contribution in [-0.2, 0) is 38.7 Å². The smallest absolute Gasteiger partial charge is 0.414 e. The number of aliphatic hydroxyl groups is 1. The number of ether oxygens (including phenoxy) is 2. The summed E-state index contributed by atoms with van der Waals surface area (Å²) in [7, 11) is 1.53. The molecule has 6 rings (SSSR count). The zero-order valence-electron chi connectivity index (χ0n) is 32.8. The van der Waals surface area contributed by atoms with Gasteiger partial charge in [0.1, 0.15) is 36.4 Å². The number of benzene rings is 4. The maximum atomic E-state index is 14.5. The van der Waals surface area contributed by atoms with Crippen LogP contribution in [0.4, 0.5) is 9.59 Å². The number of rotatable bonds is 16. The van der Waals surface area contributed by atoms with Crippen LogP contribution < -0.4 is 16.4 Å². The molecule has 0 saturated carbocycles. The monoisotopic (exact) mass is 819 g/mol. The van der Waals surface area contributed by atoms with Crippen molar-refractivity contribution in [3.05, 3.63) is 137 Å². The first-order chi connectivity index (χ1) is 28.7. The van der Waals surface area contributed by atoms with Crippen LogP contribution in [0.15, 0.2) is 120 Å². The summed E-state index contributed by atoms with van der Waals surface area (Å²) in [6, 6.07) is 32.8. The number of hydrogen-bond acceptors (Lipinski definition) is 10. The summed E-state index contributed by atoms with van der Waals surface area (Å²) in [4.78, 5) is 66.0. The number of carbonyl (C=O) groups excluding carboxylic acids is 4. The van der Waals surface area contributed by atoms with Crippen molar-refractivity contribution in [2.75, 3.05) is 20.1 Å². The van der Waals surface area contributed by atoms with Gasteiger partial charge in [-0.05, 0) is 54.5 Å². The number of alkyl carbamates (subject to hydrolysis) is 1. The van der Waals surface area contributed by atoms with E-state index in [2.05, 4.69) is 20.6 Å². The van der Waals surface area contributed by atoms with Crippen LogP contribution in [0.5, 0.6) is 0 Å². The fourth-order valence-electron chi connectivity index (χ4n) is 6.86. The Bertz CT molecular complexity index is 2160. The topological polar surface area (TPSA) is 189 Å². The molecule has 1 saturated heterocycles. The van der Waals surface area contributed by atoms with Crippen LogP contribution in [0.1, 0.15) is 53.5 Å². The number of nitrogens with one attached hydrogen (secondary N) is 2. The number of fused-ring (bicyclic) bond motifs is 1. The van der Waals surface area contributed by atoms with Gasteiger partial charge in [-0.2, -0.15) is 0 Å². The lowest BCUT2D eigenvalue weighted by atomic mass is 10.0. The molecule has 1 aliphatic heterocycles. The Morgan fingerprint density at radius 1 is 0.898 bits per heavy atom. The molecular weight excluding hydrogens is 771 g/mol. The van der Waals surface area contributed by atoms with Crippen LogP contribution in [0, 0.1) is 0 Å². The van der Waals surface area contributed by atoms with Crippen molar-refractivity contribution in [2.24, 2.45) is 10.7 Å². The fraction of sp³-hybridized carbons (Fsp3) is 0.318. The van der Waals surface area contributed by atoms with E-state index in [9.17, 15) is 24.3 Å². The predicted molar refractivity (Wildman–Crippen MR) is 225 cm³/mol. The number of amides is 4. The zero-order valence-corrected chi connectivity index (χ0v) is 33.6. The molecule has 4 amide bonds. The van der Waals surface area contributed by atoms with Crippen molar-refractivity contribution in [3.63, 3.8) is 0 Å². The highest BCUT2D eigenvalue weighted by atomic mass is 32.1. The zero-order chi connectivity index (χ0) is 41.6. The number of likely N-dealkylation sites (N-methyl/N-ethyl adjacent to an activating group) is 1. The van der Waals surface area contributed by atoms with Crippen molar-refractivity contribution in [3.8, 4) is 0 Å². The predicted octanol–water partition coefficient (Wildman–Crippen LogP) is 5.71. The second-order valence-corrected chi connectivity index (χ2v) is 15.3. The normalized spacial score (nSPS) is 15.5. The van der Waals surface area contributed by atoms with Gasteiger partial charge in [0.05, 0.1) is 16.3 Å². The highest BCUT2D eigenvalue weighted by Gasteiger charge is 2.41. The van der Waals surface area contributed by atoms with Gasteiger partial charge in [0.25, 0.3) is 0 Å². The first kappa shape index (κ1) is 42.3. The Kier molecular flexibility index (Phi) is 15.0. The van der Waals surface area contributed by atoms with E-state index in [-0.39, 0.29) is 44.5 Å². The molecule has 0 aliphatic carbocycles. The molecule has 0 bridgehead atoms. The number of thiazole rings is 1. The maximum Gasteiger partial charge on any atom is 0.414 e. The van der Waals surface area contributed by atoms with Gasteiger partial charge in [-0.1, -0.05) is 103 Å². The van der Waals surface area contributed by atoms with Crippen LogP contribution in [0.3, 0.4) is 0 Å². The second-order valence-electron chi connectivity index (χ2n) is 14.2. The molecule has 14 nitrogen and oxygen atoms in total. The Labute approximate surface area is 347 Å². The highest BCUT2D eigenvalue weighted by Crippen LogP contribution is 2.30. The van der Waals surface area contributed by atoms with Crippen LogP contribution in [0.25, 0.3) is 10.2 Å². The Hall–Kier alpha value is -6.32. The molecule has 4 atom stereocenters.